The number of imidazole rings is 1. The molecule has 14 heteroatoms. The fraction of sp³-hybridized carbons (Fsp3) is 0.690. The monoisotopic (exact) mass is 801 g/mol. The maximum absolute atomic E-state index is 14.5. The van der Waals surface area contributed by atoms with Gasteiger partial charge in [-0.25, -0.2) is 14.6 Å². The number of aromatic amines is 1. The number of aromatic nitrogens is 2. The third-order valence-electron chi connectivity index (χ3n) is 11.3. The van der Waals surface area contributed by atoms with Gasteiger partial charge in [0.1, 0.15) is 12.1 Å². The van der Waals surface area contributed by atoms with Crippen LogP contribution < -0.4 is 10.6 Å². The number of hydrogen-bond donors (Lipinski definition) is 4. The van der Waals surface area contributed by atoms with Gasteiger partial charge in [-0.1, -0.05) is 95.5 Å². The third kappa shape index (κ3) is 14.9. The average Bonchev–Trinajstić information content (AvgIpc) is 3.68. The highest BCUT2D eigenvalue weighted by atomic mass is 35.5. The molecule has 1 aliphatic heterocycles. The van der Waals surface area contributed by atoms with Crippen molar-refractivity contribution in [2.75, 3.05) is 47.3 Å². The van der Waals surface area contributed by atoms with Gasteiger partial charge < -0.3 is 40.3 Å². The molecule has 1 aliphatic carbocycles. The first-order chi connectivity index (χ1) is 26.4. The Kier molecular flexibility index (Phi) is 20.0. The molecule has 0 spiro atoms. The van der Waals surface area contributed by atoms with Gasteiger partial charge in [-0.2, -0.15) is 0 Å². The number of likely N-dealkylation sites (N-methyl/N-ethyl adjacent to an activating group) is 3. The van der Waals surface area contributed by atoms with E-state index < -0.39 is 36.2 Å². The molecule has 1 saturated carbocycles. The summed E-state index contributed by atoms with van der Waals surface area (Å²) in [5.41, 5.74) is 1.47. The van der Waals surface area contributed by atoms with E-state index in [0.29, 0.717) is 31.0 Å². The number of halogens is 1. The van der Waals surface area contributed by atoms with Crippen LogP contribution in [-0.2, 0) is 22.4 Å². The molecule has 0 bridgehead atoms. The summed E-state index contributed by atoms with van der Waals surface area (Å²) in [6, 6.07) is 6.60. The predicted molar refractivity (Wildman–Crippen MR) is 222 cm³/mol. The molecule has 4 N–H and O–H groups in total. The van der Waals surface area contributed by atoms with Gasteiger partial charge in [0.05, 0.1) is 24.2 Å². The number of benzene rings is 1. The van der Waals surface area contributed by atoms with Crippen molar-refractivity contribution in [2.24, 2.45) is 11.8 Å². The molecule has 56 heavy (non-hydrogen) atoms. The van der Waals surface area contributed by atoms with Gasteiger partial charge in [0.15, 0.2) is 0 Å². The van der Waals surface area contributed by atoms with Gasteiger partial charge in [0.2, 0.25) is 11.8 Å². The van der Waals surface area contributed by atoms with E-state index in [2.05, 4.69) is 34.4 Å². The number of nitrogens with one attached hydrogen (secondary N) is 3. The summed E-state index contributed by atoms with van der Waals surface area (Å²) in [5.74, 6) is -0.117. The number of aliphatic hydroxyl groups excluding tert-OH is 1. The van der Waals surface area contributed by atoms with E-state index >= 15 is 0 Å². The molecule has 13 nitrogen and oxygen atoms in total. The largest absolute Gasteiger partial charge is 0.391 e. The molecule has 1 saturated heterocycles. The van der Waals surface area contributed by atoms with Crippen molar-refractivity contribution in [3.8, 4) is 0 Å². The van der Waals surface area contributed by atoms with E-state index in [-0.39, 0.29) is 49.6 Å². The summed E-state index contributed by atoms with van der Waals surface area (Å²) in [6.45, 7) is 6.22. The molecule has 314 valence electrons. The van der Waals surface area contributed by atoms with E-state index in [1.807, 2.05) is 35.2 Å². The number of likely N-dealkylation sites (tertiary alicyclic amines) is 1. The number of urea groups is 2. The number of carbonyl (C=O) groups is 4. The molecule has 4 atom stereocenters. The molecule has 4 rings (SSSR count). The van der Waals surface area contributed by atoms with Crippen LogP contribution in [0.25, 0.3) is 0 Å². The van der Waals surface area contributed by atoms with Crippen LogP contribution in [0.1, 0.15) is 102 Å². The summed E-state index contributed by atoms with van der Waals surface area (Å²) in [5, 5.41) is 17.5. The van der Waals surface area contributed by atoms with Crippen LogP contribution in [0.15, 0.2) is 42.9 Å². The molecule has 2 aliphatic rings. The molecule has 2 aromatic rings. The van der Waals surface area contributed by atoms with Crippen LogP contribution in [0.2, 0.25) is 0 Å². The van der Waals surface area contributed by atoms with Gasteiger partial charge in [-0.05, 0) is 43.1 Å². The zero-order chi connectivity index (χ0) is 39.7. The average molecular weight is 802 g/mol. The second kappa shape index (κ2) is 24.0. The Morgan fingerprint density at radius 1 is 0.875 bits per heavy atom. The zero-order valence-electron chi connectivity index (χ0n) is 34.5. The molecule has 1 aromatic heterocycles. The maximum atomic E-state index is 14.5. The Balaban J connectivity index is 0.00000841. The van der Waals surface area contributed by atoms with Crippen LogP contribution in [0, 0.1) is 11.8 Å². The zero-order valence-corrected chi connectivity index (χ0v) is 35.3. The lowest BCUT2D eigenvalue weighted by molar-refractivity contribution is -0.141. The molecule has 0 radical (unpaired) electrons. The lowest BCUT2D eigenvalue weighted by atomic mass is 9.82. The highest BCUT2D eigenvalue weighted by Gasteiger charge is 2.36. The van der Waals surface area contributed by atoms with Gasteiger partial charge in [0, 0.05) is 66.4 Å². The van der Waals surface area contributed by atoms with Crippen molar-refractivity contribution in [3.05, 3.63) is 54.1 Å². The number of H-pyrrole nitrogens is 1. The lowest BCUT2D eigenvalue weighted by Crippen LogP contribution is -2.59. The first-order valence-electron chi connectivity index (χ1n) is 20.7. The number of carbonyl (C=O) groups excluding carboxylic acids is 4. The van der Waals surface area contributed by atoms with Crippen molar-refractivity contribution < 1.29 is 24.3 Å². The van der Waals surface area contributed by atoms with Crippen molar-refractivity contribution in [2.45, 2.75) is 128 Å². The molecule has 0 unspecified atom stereocenters. The van der Waals surface area contributed by atoms with Crippen molar-refractivity contribution in [3.63, 3.8) is 0 Å². The predicted octanol–water partition coefficient (Wildman–Crippen LogP) is 5.63. The van der Waals surface area contributed by atoms with E-state index in [1.165, 1.54) is 22.6 Å². The number of amides is 6. The van der Waals surface area contributed by atoms with Gasteiger partial charge >= 0.3 is 12.1 Å². The highest BCUT2D eigenvalue weighted by Crippen LogP contribution is 2.29. The van der Waals surface area contributed by atoms with Crippen LogP contribution >= 0.6 is 12.4 Å². The van der Waals surface area contributed by atoms with E-state index in [1.54, 1.807) is 38.6 Å². The van der Waals surface area contributed by atoms with Crippen molar-refractivity contribution >= 4 is 36.3 Å². The quantitative estimate of drug-likeness (QED) is 0.163. The normalized spacial score (nSPS) is 17.3. The van der Waals surface area contributed by atoms with Crippen LogP contribution in [0.5, 0.6) is 0 Å². The minimum absolute atomic E-state index is 0. The first-order valence-corrected chi connectivity index (χ1v) is 20.7. The minimum atomic E-state index is -0.984. The topological polar surface area (TPSA) is 154 Å². The number of hydrogen-bond acceptors (Lipinski definition) is 6. The Bertz CT molecular complexity index is 1450. The van der Waals surface area contributed by atoms with Crippen LogP contribution in [0.4, 0.5) is 9.59 Å². The Morgan fingerprint density at radius 2 is 1.50 bits per heavy atom. The minimum Gasteiger partial charge on any atom is -0.391 e. The molecule has 1 aromatic carbocycles. The summed E-state index contributed by atoms with van der Waals surface area (Å²) in [4.78, 5) is 69.5. The fourth-order valence-electron chi connectivity index (χ4n) is 7.91. The molecule has 6 amide bonds. The van der Waals surface area contributed by atoms with Gasteiger partial charge in [0.25, 0.3) is 0 Å². The molecule has 2 fully saturated rings. The molecule has 2 heterocycles. The summed E-state index contributed by atoms with van der Waals surface area (Å²) < 4.78 is 0. The van der Waals surface area contributed by atoms with E-state index in [0.717, 1.165) is 70.0 Å². The maximum Gasteiger partial charge on any atom is 0.319 e. The Labute approximate surface area is 341 Å². The molecular weight excluding hydrogens is 732 g/mol. The van der Waals surface area contributed by atoms with Crippen LogP contribution in [0.3, 0.4) is 0 Å². The standard InChI is InChI=1S/C42H68N8O5.ClH/c1-31(2)25-38(51)35(26-32-17-11-9-12-18-32)45-39(52)37(28-34-29-43-30-44-34)49(5)40(53)36(27-33-19-13-10-14-20-33)46-41(54)47(3)23-24-48(4)42(55)50-21-15-7-6-8-16-22-50;/h10,13-14,19-20,29-32,35-38,51H,6-9,11-12,15-18,21-28H2,1-5H3,(H,43,44)(H,45,52)(H,46,54);1H/t35-,36-,37-,38-;/m0./s1. The van der Waals surface area contributed by atoms with E-state index in [9.17, 15) is 24.3 Å². The third-order valence-corrected chi connectivity index (χ3v) is 11.3. The highest BCUT2D eigenvalue weighted by molar-refractivity contribution is 5.92. The van der Waals surface area contributed by atoms with E-state index in [4.69, 9.17) is 0 Å². The van der Waals surface area contributed by atoms with Crippen LogP contribution in [-0.4, -0.2) is 130 Å². The Hall–Kier alpha value is -3.84. The summed E-state index contributed by atoms with van der Waals surface area (Å²) in [6.07, 6.45) is 15.3. The Morgan fingerprint density at radius 3 is 2.12 bits per heavy atom. The van der Waals surface area contributed by atoms with Gasteiger partial charge in [-0.3, -0.25) is 9.59 Å². The number of nitrogens with zero attached hydrogens (tertiary/aromatic N) is 5. The first kappa shape index (κ1) is 46.5. The second-order valence-electron chi connectivity index (χ2n) is 16.4. The fourth-order valence-corrected chi connectivity index (χ4v) is 7.91. The van der Waals surface area contributed by atoms with Gasteiger partial charge in [-0.15, -0.1) is 12.4 Å². The summed E-state index contributed by atoms with van der Waals surface area (Å²) in [7, 11) is 5.01. The van der Waals surface area contributed by atoms with Crippen molar-refractivity contribution in [1.29, 1.82) is 0 Å². The second-order valence-corrected chi connectivity index (χ2v) is 16.4. The smallest absolute Gasteiger partial charge is 0.319 e. The summed E-state index contributed by atoms with van der Waals surface area (Å²) >= 11 is 0. The molecular formula is C42H69ClN8O5. The lowest BCUT2D eigenvalue weighted by Gasteiger charge is -2.35. The number of rotatable bonds is 17. The number of aliphatic hydroxyl groups is 1. The SMILES string of the molecule is CC(C)C[C@H](O)[C@H](CC1CCCCC1)NC(=O)[C@H](Cc1c[nH]cn1)N(C)C(=O)[C@H](Cc1ccccc1)NC(=O)N(C)CCN(C)C(=O)N1CCCCCCC1.Cl. The van der Waals surface area contributed by atoms with Crippen molar-refractivity contribution in [1.82, 2.24) is 40.2 Å².